The monoisotopic (exact) mass is 329 g/mol. The predicted molar refractivity (Wildman–Crippen MR) is 83.2 cm³/mol. The second-order valence-corrected chi connectivity index (χ2v) is 7.72. The molecule has 0 aromatic carbocycles. The molecule has 1 aromatic heterocycles. The van der Waals surface area contributed by atoms with Crippen LogP contribution in [0.4, 0.5) is 5.13 Å². The Bertz CT molecular complexity index is 631. The van der Waals surface area contributed by atoms with E-state index in [4.69, 9.17) is 5.11 Å². The molecule has 116 valence electrons. The third-order valence-electron chi connectivity index (χ3n) is 3.13. The molecular weight excluding hydrogens is 310 g/mol. The molecule has 1 saturated heterocycles. The van der Waals surface area contributed by atoms with Crippen LogP contribution in [0.15, 0.2) is 6.20 Å². The maximum Gasteiger partial charge on any atom is 0.303 e. The number of rotatable bonds is 4. The SMILES string of the molecule is CC1CCCN(S(=O)(=O)Nc2ncc(C#CCCO)s2)C1. The van der Waals surface area contributed by atoms with Gasteiger partial charge in [-0.05, 0) is 18.8 Å². The van der Waals surface area contributed by atoms with Crippen LogP contribution < -0.4 is 4.72 Å². The van der Waals surface area contributed by atoms with Crippen LogP contribution >= 0.6 is 11.3 Å². The van der Waals surface area contributed by atoms with Gasteiger partial charge >= 0.3 is 10.2 Å². The van der Waals surface area contributed by atoms with Crippen molar-refractivity contribution in [1.82, 2.24) is 9.29 Å². The van der Waals surface area contributed by atoms with Crippen molar-refractivity contribution in [3.8, 4) is 11.8 Å². The van der Waals surface area contributed by atoms with Crippen molar-refractivity contribution in [3.05, 3.63) is 11.1 Å². The number of aliphatic hydroxyl groups excluding tert-OH is 1. The van der Waals surface area contributed by atoms with E-state index in [-0.39, 0.29) is 6.61 Å². The Morgan fingerprint density at radius 3 is 3.14 bits per heavy atom. The minimum atomic E-state index is -3.54. The molecule has 1 atom stereocenters. The first kappa shape index (κ1) is 16.2. The summed E-state index contributed by atoms with van der Waals surface area (Å²) in [7, 11) is -3.54. The summed E-state index contributed by atoms with van der Waals surface area (Å²) in [6, 6.07) is 0. The molecule has 6 nitrogen and oxygen atoms in total. The molecule has 0 amide bonds. The summed E-state index contributed by atoms with van der Waals surface area (Å²) in [6.45, 7) is 3.16. The normalized spacial score (nSPS) is 19.8. The van der Waals surface area contributed by atoms with Gasteiger partial charge in [-0.25, -0.2) is 9.71 Å². The van der Waals surface area contributed by atoms with Gasteiger partial charge in [0.15, 0.2) is 5.13 Å². The lowest BCUT2D eigenvalue weighted by atomic mass is 10.0. The molecule has 1 aromatic rings. The first-order chi connectivity index (χ1) is 10.0. The molecule has 0 aliphatic carbocycles. The van der Waals surface area contributed by atoms with E-state index in [0.29, 0.717) is 35.4 Å². The zero-order valence-corrected chi connectivity index (χ0v) is 13.5. The van der Waals surface area contributed by atoms with Gasteiger partial charge in [0.2, 0.25) is 0 Å². The van der Waals surface area contributed by atoms with E-state index in [0.717, 1.165) is 12.8 Å². The molecule has 1 aliphatic rings. The number of aromatic nitrogens is 1. The highest BCUT2D eigenvalue weighted by atomic mass is 32.2. The van der Waals surface area contributed by atoms with E-state index in [1.54, 1.807) is 0 Å². The highest BCUT2D eigenvalue weighted by Gasteiger charge is 2.27. The zero-order chi connectivity index (χ0) is 15.3. The molecule has 1 aliphatic heterocycles. The topological polar surface area (TPSA) is 82.5 Å². The van der Waals surface area contributed by atoms with E-state index in [1.807, 2.05) is 0 Å². The minimum Gasteiger partial charge on any atom is -0.395 e. The van der Waals surface area contributed by atoms with Crippen molar-refractivity contribution in [2.24, 2.45) is 5.92 Å². The van der Waals surface area contributed by atoms with Crippen molar-refractivity contribution in [2.45, 2.75) is 26.2 Å². The van der Waals surface area contributed by atoms with Crippen LogP contribution in [0.1, 0.15) is 31.1 Å². The second-order valence-electron chi connectivity index (χ2n) is 5.02. The van der Waals surface area contributed by atoms with E-state index >= 15 is 0 Å². The molecule has 0 saturated carbocycles. The van der Waals surface area contributed by atoms with Gasteiger partial charge in [0.25, 0.3) is 0 Å². The standard InChI is InChI=1S/C13H19N3O3S2/c1-11-5-4-7-16(10-11)21(18,19)15-13-14-9-12(20-13)6-2-3-8-17/h9,11,17H,3-5,7-8,10H2,1H3,(H,14,15). The fourth-order valence-electron chi connectivity index (χ4n) is 2.12. The first-order valence-electron chi connectivity index (χ1n) is 6.84. The Hall–Kier alpha value is -1.14. The van der Waals surface area contributed by atoms with Gasteiger partial charge in [-0.2, -0.15) is 12.7 Å². The summed E-state index contributed by atoms with van der Waals surface area (Å²) in [6.07, 6.45) is 3.88. The van der Waals surface area contributed by atoms with E-state index in [9.17, 15) is 8.42 Å². The lowest BCUT2D eigenvalue weighted by Crippen LogP contribution is -2.42. The fourth-order valence-corrected chi connectivity index (χ4v) is 4.37. The summed E-state index contributed by atoms with van der Waals surface area (Å²) in [4.78, 5) is 4.70. The second kappa shape index (κ2) is 7.22. The molecule has 1 unspecified atom stereocenters. The molecular formula is C13H19N3O3S2. The third-order valence-corrected chi connectivity index (χ3v) is 5.55. The minimum absolute atomic E-state index is 0.0123. The maximum absolute atomic E-state index is 12.3. The summed E-state index contributed by atoms with van der Waals surface area (Å²) < 4.78 is 28.5. The number of nitrogens with zero attached hydrogens (tertiary/aromatic N) is 2. The van der Waals surface area contributed by atoms with E-state index < -0.39 is 10.2 Å². The molecule has 2 heterocycles. The third kappa shape index (κ3) is 4.68. The van der Waals surface area contributed by atoms with Crippen molar-refractivity contribution in [1.29, 1.82) is 0 Å². The number of thiazole rings is 1. The highest BCUT2D eigenvalue weighted by molar-refractivity contribution is 7.90. The van der Waals surface area contributed by atoms with Gasteiger partial charge in [-0.1, -0.05) is 30.1 Å². The van der Waals surface area contributed by atoms with Crippen LogP contribution in [0.5, 0.6) is 0 Å². The lowest BCUT2D eigenvalue weighted by molar-refractivity contribution is 0.282. The highest BCUT2D eigenvalue weighted by Crippen LogP contribution is 2.22. The number of nitrogens with one attached hydrogen (secondary N) is 1. The maximum atomic E-state index is 12.3. The van der Waals surface area contributed by atoms with Crippen LogP contribution in [-0.4, -0.2) is 42.5 Å². The van der Waals surface area contributed by atoms with Crippen LogP contribution in [0.3, 0.4) is 0 Å². The smallest absolute Gasteiger partial charge is 0.303 e. The van der Waals surface area contributed by atoms with Crippen molar-refractivity contribution >= 4 is 26.7 Å². The zero-order valence-electron chi connectivity index (χ0n) is 11.9. The van der Waals surface area contributed by atoms with Gasteiger partial charge in [-0.15, -0.1) is 0 Å². The number of anilines is 1. The molecule has 2 rings (SSSR count). The van der Waals surface area contributed by atoms with Crippen LogP contribution in [0.25, 0.3) is 0 Å². The van der Waals surface area contributed by atoms with Crippen molar-refractivity contribution in [2.75, 3.05) is 24.4 Å². The average molecular weight is 329 g/mol. The molecule has 8 heteroatoms. The van der Waals surface area contributed by atoms with Crippen molar-refractivity contribution in [3.63, 3.8) is 0 Å². The molecule has 0 spiro atoms. The Labute approximate surface area is 129 Å². The van der Waals surface area contributed by atoms with Gasteiger partial charge < -0.3 is 5.11 Å². The number of piperidine rings is 1. The van der Waals surface area contributed by atoms with Gasteiger partial charge in [0.05, 0.1) is 17.7 Å². The van der Waals surface area contributed by atoms with Gasteiger partial charge in [0, 0.05) is 19.5 Å². The van der Waals surface area contributed by atoms with Gasteiger partial charge in [-0.3, -0.25) is 0 Å². The Morgan fingerprint density at radius 1 is 1.62 bits per heavy atom. The van der Waals surface area contributed by atoms with E-state index in [1.165, 1.54) is 21.8 Å². The molecule has 1 fully saturated rings. The number of hydrogen-bond acceptors (Lipinski definition) is 5. The lowest BCUT2D eigenvalue weighted by Gasteiger charge is -2.29. The predicted octanol–water partition coefficient (Wildman–Crippen LogP) is 1.27. The molecule has 0 bridgehead atoms. The van der Waals surface area contributed by atoms with E-state index in [2.05, 4.69) is 28.5 Å². The Kier molecular flexibility index (Phi) is 5.58. The van der Waals surface area contributed by atoms with Crippen LogP contribution in [0.2, 0.25) is 0 Å². The van der Waals surface area contributed by atoms with Crippen LogP contribution in [-0.2, 0) is 10.2 Å². The van der Waals surface area contributed by atoms with Crippen LogP contribution in [0, 0.1) is 17.8 Å². The molecule has 21 heavy (non-hydrogen) atoms. The number of aliphatic hydroxyl groups is 1. The summed E-state index contributed by atoms with van der Waals surface area (Å²) in [5.74, 6) is 6.00. The first-order valence-corrected chi connectivity index (χ1v) is 9.10. The van der Waals surface area contributed by atoms with Gasteiger partial charge in [0.1, 0.15) is 0 Å². The Balaban J connectivity index is 2.02. The Morgan fingerprint density at radius 2 is 2.43 bits per heavy atom. The summed E-state index contributed by atoms with van der Waals surface area (Å²) >= 11 is 1.19. The average Bonchev–Trinajstić information content (AvgIpc) is 2.86. The van der Waals surface area contributed by atoms with Crippen molar-refractivity contribution < 1.29 is 13.5 Å². The largest absolute Gasteiger partial charge is 0.395 e. The number of hydrogen-bond donors (Lipinski definition) is 2. The summed E-state index contributed by atoms with van der Waals surface area (Å²) in [5, 5.41) is 8.98. The molecule has 0 radical (unpaired) electrons. The quantitative estimate of drug-likeness (QED) is 0.815. The fraction of sp³-hybridized carbons (Fsp3) is 0.615. The summed E-state index contributed by atoms with van der Waals surface area (Å²) in [5.41, 5.74) is 0. The molecule has 2 N–H and O–H groups in total.